The van der Waals surface area contributed by atoms with Crippen LogP contribution in [0.15, 0.2) is 35.2 Å². The predicted octanol–water partition coefficient (Wildman–Crippen LogP) is 1.92. The van der Waals surface area contributed by atoms with Crippen LogP contribution < -0.4 is 4.72 Å². The smallest absolute Gasteiger partial charge is 0.240 e. The van der Waals surface area contributed by atoms with Crippen LogP contribution in [0, 0.1) is 0 Å². The van der Waals surface area contributed by atoms with Crippen LogP contribution in [-0.4, -0.2) is 27.7 Å². The summed E-state index contributed by atoms with van der Waals surface area (Å²) >= 11 is 0. The summed E-state index contributed by atoms with van der Waals surface area (Å²) in [5.41, 5.74) is 0. The third kappa shape index (κ3) is 3.10. The fourth-order valence-corrected chi connectivity index (χ4v) is 3.70. The first-order chi connectivity index (χ1) is 8.63. The van der Waals surface area contributed by atoms with E-state index in [4.69, 9.17) is 4.74 Å². The molecule has 0 unspecified atom stereocenters. The van der Waals surface area contributed by atoms with Gasteiger partial charge in [0.15, 0.2) is 0 Å². The lowest BCUT2D eigenvalue weighted by Crippen LogP contribution is -2.45. The van der Waals surface area contributed by atoms with Gasteiger partial charge >= 0.3 is 0 Å². The number of benzene rings is 1. The lowest BCUT2D eigenvalue weighted by atomic mass is 9.93. The fraction of sp³-hybridized carbons (Fsp3) is 0.538. The van der Waals surface area contributed by atoms with Crippen molar-refractivity contribution in [1.82, 2.24) is 4.72 Å². The molecule has 18 heavy (non-hydrogen) atoms. The van der Waals surface area contributed by atoms with Crippen molar-refractivity contribution >= 4 is 10.0 Å². The van der Waals surface area contributed by atoms with Crippen molar-refractivity contribution in [2.45, 2.75) is 42.7 Å². The summed E-state index contributed by atoms with van der Waals surface area (Å²) in [6.45, 7) is 0. The summed E-state index contributed by atoms with van der Waals surface area (Å²) < 4.78 is 32.5. The van der Waals surface area contributed by atoms with E-state index in [9.17, 15) is 8.42 Å². The van der Waals surface area contributed by atoms with Crippen LogP contribution in [0.4, 0.5) is 0 Å². The van der Waals surface area contributed by atoms with Crippen LogP contribution in [0.25, 0.3) is 0 Å². The molecule has 1 fully saturated rings. The first kappa shape index (κ1) is 13.5. The Bertz CT molecular complexity index is 472. The standard InChI is InChI=1S/C13H19NO3S/c1-17-13-10-6-5-9-12(13)14-18(15,16)11-7-3-2-4-8-11/h2-4,7-8,12-14H,5-6,9-10H2,1H3/t12-,13-/m1/s1. The van der Waals surface area contributed by atoms with E-state index in [0.717, 1.165) is 25.7 Å². The summed E-state index contributed by atoms with van der Waals surface area (Å²) in [6, 6.07) is 8.35. The molecule has 100 valence electrons. The van der Waals surface area contributed by atoms with E-state index in [1.54, 1.807) is 37.4 Å². The zero-order valence-corrected chi connectivity index (χ0v) is 11.3. The number of rotatable bonds is 4. The largest absolute Gasteiger partial charge is 0.380 e. The average Bonchev–Trinajstić information content (AvgIpc) is 2.40. The van der Waals surface area contributed by atoms with E-state index in [-0.39, 0.29) is 12.1 Å². The van der Waals surface area contributed by atoms with E-state index >= 15 is 0 Å². The number of nitrogens with one attached hydrogen (secondary N) is 1. The number of hydrogen-bond donors (Lipinski definition) is 1. The number of hydrogen-bond acceptors (Lipinski definition) is 3. The lowest BCUT2D eigenvalue weighted by molar-refractivity contribution is 0.0493. The Balaban J connectivity index is 2.12. The van der Waals surface area contributed by atoms with Crippen LogP contribution in [-0.2, 0) is 14.8 Å². The summed E-state index contributed by atoms with van der Waals surface area (Å²) in [5, 5.41) is 0. The minimum Gasteiger partial charge on any atom is -0.380 e. The third-order valence-electron chi connectivity index (χ3n) is 3.37. The van der Waals surface area contributed by atoms with Crippen molar-refractivity contribution in [2.24, 2.45) is 0 Å². The second kappa shape index (κ2) is 5.82. The molecule has 5 heteroatoms. The predicted molar refractivity (Wildman–Crippen MR) is 69.8 cm³/mol. The minimum absolute atomic E-state index is 0.0164. The summed E-state index contributed by atoms with van der Waals surface area (Å²) in [7, 11) is -1.79. The molecule has 2 atom stereocenters. The Morgan fingerprint density at radius 3 is 2.50 bits per heavy atom. The average molecular weight is 269 g/mol. The van der Waals surface area contributed by atoms with Gasteiger partial charge in [0, 0.05) is 13.2 Å². The maximum atomic E-state index is 12.2. The van der Waals surface area contributed by atoms with E-state index in [2.05, 4.69) is 4.72 Å². The summed E-state index contributed by atoms with van der Waals surface area (Å²) in [6.07, 6.45) is 3.88. The molecule has 0 radical (unpaired) electrons. The van der Waals surface area contributed by atoms with Crippen LogP contribution in [0.5, 0.6) is 0 Å². The van der Waals surface area contributed by atoms with E-state index in [1.807, 2.05) is 0 Å². The molecule has 1 N–H and O–H groups in total. The molecule has 0 amide bonds. The maximum Gasteiger partial charge on any atom is 0.240 e. The van der Waals surface area contributed by atoms with Crippen LogP contribution in [0.2, 0.25) is 0 Å². The highest BCUT2D eigenvalue weighted by Crippen LogP contribution is 2.22. The number of methoxy groups -OCH3 is 1. The van der Waals surface area contributed by atoms with Gasteiger partial charge in [-0.1, -0.05) is 31.0 Å². The van der Waals surface area contributed by atoms with Crippen molar-refractivity contribution in [3.8, 4) is 0 Å². The van der Waals surface area contributed by atoms with Crippen LogP contribution in [0.1, 0.15) is 25.7 Å². The molecular formula is C13H19NO3S. The second-order valence-electron chi connectivity index (χ2n) is 4.60. The fourth-order valence-electron chi connectivity index (χ4n) is 2.38. The van der Waals surface area contributed by atoms with E-state index in [1.165, 1.54) is 0 Å². The van der Waals surface area contributed by atoms with Gasteiger partial charge in [-0.25, -0.2) is 13.1 Å². The van der Waals surface area contributed by atoms with Gasteiger partial charge in [-0.3, -0.25) is 0 Å². The van der Waals surface area contributed by atoms with Crippen molar-refractivity contribution in [3.05, 3.63) is 30.3 Å². The minimum atomic E-state index is -3.43. The molecule has 0 bridgehead atoms. The molecule has 0 spiro atoms. The Labute approximate surface area is 108 Å². The quantitative estimate of drug-likeness (QED) is 0.908. The monoisotopic (exact) mass is 269 g/mol. The SMILES string of the molecule is CO[C@@H]1CCCC[C@H]1NS(=O)(=O)c1ccccc1. The van der Waals surface area contributed by atoms with Gasteiger partial charge in [0.1, 0.15) is 0 Å². The normalized spacial score (nSPS) is 24.9. The summed E-state index contributed by atoms with van der Waals surface area (Å²) in [5.74, 6) is 0. The molecule has 4 nitrogen and oxygen atoms in total. The zero-order chi connectivity index (χ0) is 13.0. The van der Waals surface area contributed by atoms with Gasteiger partial charge in [0.2, 0.25) is 10.0 Å². The molecule has 1 aliphatic rings. The van der Waals surface area contributed by atoms with Crippen molar-refractivity contribution in [2.75, 3.05) is 7.11 Å². The Hall–Kier alpha value is -0.910. The molecule has 1 saturated carbocycles. The summed E-state index contributed by atoms with van der Waals surface area (Å²) in [4.78, 5) is 0.311. The first-order valence-corrected chi connectivity index (χ1v) is 7.72. The molecule has 2 rings (SSSR count). The van der Waals surface area contributed by atoms with Crippen molar-refractivity contribution < 1.29 is 13.2 Å². The highest BCUT2D eigenvalue weighted by molar-refractivity contribution is 7.89. The third-order valence-corrected chi connectivity index (χ3v) is 4.87. The van der Waals surface area contributed by atoms with Crippen molar-refractivity contribution in [1.29, 1.82) is 0 Å². The molecular weight excluding hydrogens is 250 g/mol. The molecule has 0 aromatic heterocycles. The molecule has 0 aliphatic heterocycles. The maximum absolute atomic E-state index is 12.2. The van der Waals surface area contributed by atoms with Gasteiger partial charge in [0.25, 0.3) is 0 Å². The van der Waals surface area contributed by atoms with Crippen molar-refractivity contribution in [3.63, 3.8) is 0 Å². The molecule has 0 saturated heterocycles. The zero-order valence-electron chi connectivity index (χ0n) is 10.5. The topological polar surface area (TPSA) is 55.4 Å². The van der Waals surface area contributed by atoms with Crippen LogP contribution in [0.3, 0.4) is 0 Å². The lowest BCUT2D eigenvalue weighted by Gasteiger charge is -2.30. The molecule has 0 heterocycles. The first-order valence-electron chi connectivity index (χ1n) is 6.23. The second-order valence-corrected chi connectivity index (χ2v) is 6.31. The number of sulfonamides is 1. The Kier molecular flexibility index (Phi) is 4.37. The van der Waals surface area contributed by atoms with E-state index in [0.29, 0.717) is 4.90 Å². The van der Waals surface area contributed by atoms with Gasteiger partial charge < -0.3 is 4.74 Å². The van der Waals surface area contributed by atoms with E-state index < -0.39 is 10.0 Å². The Morgan fingerprint density at radius 1 is 1.17 bits per heavy atom. The molecule has 1 aliphatic carbocycles. The van der Waals surface area contributed by atoms with Gasteiger partial charge in [-0.05, 0) is 25.0 Å². The number of ether oxygens (including phenoxy) is 1. The highest BCUT2D eigenvalue weighted by Gasteiger charge is 2.29. The molecule has 1 aromatic rings. The van der Waals surface area contributed by atoms with Gasteiger partial charge in [0.05, 0.1) is 11.0 Å². The van der Waals surface area contributed by atoms with Crippen LogP contribution >= 0.6 is 0 Å². The van der Waals surface area contributed by atoms with Gasteiger partial charge in [-0.2, -0.15) is 0 Å². The molecule has 1 aromatic carbocycles. The highest BCUT2D eigenvalue weighted by atomic mass is 32.2. The Morgan fingerprint density at radius 2 is 1.83 bits per heavy atom. The van der Waals surface area contributed by atoms with Gasteiger partial charge in [-0.15, -0.1) is 0 Å².